The molecule has 0 unspecified atom stereocenters. The maximum absolute atomic E-state index is 11.7. The van der Waals surface area contributed by atoms with Crippen LogP contribution in [0.1, 0.15) is 30.7 Å². The van der Waals surface area contributed by atoms with Crippen LogP contribution in [0.15, 0.2) is 34.2 Å². The second-order valence-corrected chi connectivity index (χ2v) is 5.77. The summed E-state index contributed by atoms with van der Waals surface area (Å²) in [6.45, 7) is 8.40. The number of benzene rings is 1. The topological polar surface area (TPSA) is 79.4 Å². The zero-order valence-electron chi connectivity index (χ0n) is 13.9. The number of anilines is 1. The molecule has 0 aliphatic carbocycles. The van der Waals surface area contributed by atoms with Gasteiger partial charge in [-0.1, -0.05) is 26.0 Å². The van der Waals surface area contributed by atoms with Crippen molar-refractivity contribution in [1.29, 1.82) is 0 Å². The van der Waals surface area contributed by atoms with E-state index in [1.165, 1.54) is 0 Å². The van der Waals surface area contributed by atoms with Gasteiger partial charge in [-0.05, 0) is 37.5 Å². The highest BCUT2D eigenvalue weighted by Crippen LogP contribution is 2.13. The largest absolute Gasteiger partial charge is 0.493 e. The second kappa shape index (κ2) is 7.58. The molecule has 0 saturated heterocycles. The molecule has 2 N–H and O–H groups in total. The maximum atomic E-state index is 11.7. The molecule has 0 saturated carbocycles. The fourth-order valence-electron chi connectivity index (χ4n) is 1.81. The van der Waals surface area contributed by atoms with E-state index >= 15 is 0 Å². The highest BCUT2D eigenvalue weighted by Gasteiger charge is 2.02. The van der Waals surface area contributed by atoms with Crippen LogP contribution in [0, 0.1) is 19.8 Å². The van der Waals surface area contributed by atoms with Crippen molar-refractivity contribution >= 4 is 12.2 Å². The number of nitrogens with one attached hydrogen (secondary N) is 2. The van der Waals surface area contributed by atoms with E-state index in [4.69, 9.17) is 4.74 Å². The summed E-state index contributed by atoms with van der Waals surface area (Å²) in [5.74, 6) is 1.60. The van der Waals surface area contributed by atoms with E-state index in [2.05, 4.69) is 34.3 Å². The van der Waals surface area contributed by atoms with Crippen molar-refractivity contribution in [2.24, 2.45) is 11.0 Å². The highest BCUT2D eigenvalue weighted by atomic mass is 16.5. The molecule has 1 aromatic heterocycles. The summed E-state index contributed by atoms with van der Waals surface area (Å²) in [5, 5.41) is 4.10. The minimum absolute atomic E-state index is 0.167. The predicted octanol–water partition coefficient (Wildman–Crippen LogP) is 2.87. The molecule has 0 radical (unpaired) electrons. The fraction of sp³-hybridized carbons (Fsp3) is 0.353. The number of hydrogen-bond donors (Lipinski definition) is 2. The molecular weight excluding hydrogens is 292 g/mol. The summed E-state index contributed by atoms with van der Waals surface area (Å²) in [5.41, 5.74) is 4.74. The molecule has 122 valence electrons. The third-order valence-corrected chi connectivity index (χ3v) is 3.22. The molecule has 0 amide bonds. The lowest BCUT2D eigenvalue weighted by Gasteiger charge is -2.08. The zero-order chi connectivity index (χ0) is 16.8. The molecule has 2 aromatic rings. The van der Waals surface area contributed by atoms with Crippen LogP contribution in [-0.4, -0.2) is 22.8 Å². The van der Waals surface area contributed by atoms with Crippen molar-refractivity contribution in [1.82, 2.24) is 9.97 Å². The third-order valence-electron chi connectivity index (χ3n) is 3.22. The smallest absolute Gasteiger partial charge is 0.255 e. The molecule has 1 heterocycles. The number of hydrogen-bond acceptors (Lipinski definition) is 5. The van der Waals surface area contributed by atoms with Gasteiger partial charge >= 0.3 is 0 Å². The van der Waals surface area contributed by atoms with Crippen molar-refractivity contribution in [2.75, 3.05) is 12.0 Å². The second-order valence-electron chi connectivity index (χ2n) is 5.77. The number of aryl methyl sites for hydroxylation is 1. The van der Waals surface area contributed by atoms with Gasteiger partial charge in [-0.15, -0.1) is 0 Å². The Morgan fingerprint density at radius 2 is 2.17 bits per heavy atom. The molecule has 0 atom stereocenters. The van der Waals surface area contributed by atoms with Crippen molar-refractivity contribution in [2.45, 2.75) is 27.7 Å². The number of H-pyrrole nitrogens is 1. The number of rotatable bonds is 6. The molecule has 0 aliphatic heterocycles. The van der Waals surface area contributed by atoms with Crippen molar-refractivity contribution in [3.63, 3.8) is 0 Å². The first-order chi connectivity index (χ1) is 11.0. The molecule has 0 aliphatic rings. The minimum Gasteiger partial charge on any atom is -0.493 e. The third kappa shape index (κ3) is 4.95. The van der Waals surface area contributed by atoms with Gasteiger partial charge < -0.3 is 4.74 Å². The number of ether oxygens (including phenoxy) is 1. The Balaban J connectivity index is 2.03. The van der Waals surface area contributed by atoms with E-state index in [1.807, 2.05) is 24.3 Å². The van der Waals surface area contributed by atoms with Gasteiger partial charge in [-0.2, -0.15) is 5.10 Å². The van der Waals surface area contributed by atoms with Gasteiger partial charge in [0, 0.05) is 11.3 Å². The summed E-state index contributed by atoms with van der Waals surface area (Å²) in [6.07, 6.45) is 1.65. The lowest BCUT2D eigenvalue weighted by Crippen LogP contribution is -2.15. The molecule has 0 bridgehead atoms. The van der Waals surface area contributed by atoms with Gasteiger partial charge in [-0.3, -0.25) is 9.78 Å². The number of aromatic amines is 1. The van der Waals surface area contributed by atoms with E-state index in [9.17, 15) is 4.79 Å². The fourth-order valence-corrected chi connectivity index (χ4v) is 1.81. The summed E-state index contributed by atoms with van der Waals surface area (Å²) in [4.78, 5) is 18.5. The van der Waals surface area contributed by atoms with Crippen molar-refractivity contribution in [3.05, 3.63) is 51.4 Å². The van der Waals surface area contributed by atoms with Crippen LogP contribution in [0.3, 0.4) is 0 Å². The maximum Gasteiger partial charge on any atom is 0.255 e. The molecule has 0 fully saturated rings. The first kappa shape index (κ1) is 16.7. The molecule has 2 rings (SSSR count). The zero-order valence-corrected chi connectivity index (χ0v) is 13.9. The molecule has 0 spiro atoms. The van der Waals surface area contributed by atoms with Gasteiger partial charge in [0.2, 0.25) is 5.95 Å². The Labute approximate surface area is 135 Å². The monoisotopic (exact) mass is 314 g/mol. The van der Waals surface area contributed by atoms with Crippen LogP contribution < -0.4 is 15.7 Å². The van der Waals surface area contributed by atoms with E-state index in [1.54, 1.807) is 20.1 Å². The van der Waals surface area contributed by atoms with Gasteiger partial charge in [0.25, 0.3) is 5.56 Å². The summed E-state index contributed by atoms with van der Waals surface area (Å²) >= 11 is 0. The van der Waals surface area contributed by atoms with Gasteiger partial charge in [0.1, 0.15) is 5.75 Å². The lowest BCUT2D eigenvalue weighted by molar-refractivity contribution is 0.271. The molecule has 23 heavy (non-hydrogen) atoms. The van der Waals surface area contributed by atoms with Crippen LogP contribution in [0.2, 0.25) is 0 Å². The van der Waals surface area contributed by atoms with Gasteiger partial charge in [0.15, 0.2) is 0 Å². The lowest BCUT2D eigenvalue weighted by atomic mass is 10.2. The van der Waals surface area contributed by atoms with Gasteiger partial charge in [-0.25, -0.2) is 10.4 Å². The van der Waals surface area contributed by atoms with Crippen LogP contribution in [0.25, 0.3) is 0 Å². The van der Waals surface area contributed by atoms with Crippen LogP contribution in [-0.2, 0) is 0 Å². The molecular formula is C17H22N4O2. The Bertz CT molecular complexity index is 750. The van der Waals surface area contributed by atoms with Crippen molar-refractivity contribution < 1.29 is 4.74 Å². The van der Waals surface area contributed by atoms with Crippen molar-refractivity contribution in [3.8, 4) is 5.75 Å². The Morgan fingerprint density at radius 3 is 2.87 bits per heavy atom. The quantitative estimate of drug-likeness (QED) is 0.635. The molecule has 1 aromatic carbocycles. The Hall–Kier alpha value is -2.63. The summed E-state index contributed by atoms with van der Waals surface area (Å²) < 4.78 is 5.68. The number of hydrazone groups is 1. The van der Waals surface area contributed by atoms with Crippen LogP contribution in [0.4, 0.5) is 5.95 Å². The predicted molar refractivity (Wildman–Crippen MR) is 92.3 cm³/mol. The summed E-state index contributed by atoms with van der Waals surface area (Å²) in [6, 6.07) is 7.65. The average Bonchev–Trinajstić information content (AvgIpc) is 2.51. The van der Waals surface area contributed by atoms with Crippen LogP contribution in [0.5, 0.6) is 5.75 Å². The SMILES string of the molecule is Cc1nc(N/N=C\c2cccc(OCC(C)C)c2)[nH]c(=O)c1C. The number of aromatic nitrogens is 2. The standard InChI is InChI=1S/C17H22N4O2/c1-11(2)10-23-15-7-5-6-14(8-15)9-18-21-17-19-13(4)12(3)16(22)20-17/h5-9,11H,10H2,1-4H3,(H2,19,20,21,22)/b18-9-. The Morgan fingerprint density at radius 1 is 1.39 bits per heavy atom. The van der Waals surface area contributed by atoms with E-state index in [-0.39, 0.29) is 5.56 Å². The first-order valence-corrected chi connectivity index (χ1v) is 7.55. The first-order valence-electron chi connectivity index (χ1n) is 7.55. The summed E-state index contributed by atoms with van der Waals surface area (Å²) in [7, 11) is 0. The minimum atomic E-state index is -0.167. The average molecular weight is 314 g/mol. The Kier molecular flexibility index (Phi) is 5.51. The number of nitrogens with zero attached hydrogens (tertiary/aromatic N) is 2. The van der Waals surface area contributed by atoms with Gasteiger partial charge in [0.05, 0.1) is 12.8 Å². The van der Waals surface area contributed by atoms with E-state index < -0.39 is 0 Å². The molecule has 6 heteroatoms. The van der Waals surface area contributed by atoms with E-state index in [0.717, 1.165) is 11.3 Å². The highest BCUT2D eigenvalue weighted by molar-refractivity contribution is 5.80. The van der Waals surface area contributed by atoms with Crippen LogP contribution >= 0.6 is 0 Å². The normalized spacial score (nSPS) is 11.2. The van der Waals surface area contributed by atoms with E-state index in [0.29, 0.717) is 29.7 Å². The molecule has 6 nitrogen and oxygen atoms in total.